The molecule has 164 valence electrons. The molecular formula is C25H30FN3O2. The van der Waals surface area contributed by atoms with Crippen LogP contribution in [-0.4, -0.2) is 61.3 Å². The van der Waals surface area contributed by atoms with Crippen molar-refractivity contribution in [2.45, 2.75) is 38.3 Å². The van der Waals surface area contributed by atoms with Crippen LogP contribution < -0.4 is 4.90 Å². The fourth-order valence-corrected chi connectivity index (χ4v) is 5.08. The van der Waals surface area contributed by atoms with E-state index in [9.17, 15) is 9.18 Å². The van der Waals surface area contributed by atoms with Gasteiger partial charge in [-0.05, 0) is 60.6 Å². The number of carbonyl (C=O) groups is 1. The van der Waals surface area contributed by atoms with Crippen LogP contribution in [0.15, 0.2) is 42.5 Å². The van der Waals surface area contributed by atoms with Gasteiger partial charge in [-0.25, -0.2) is 4.39 Å². The van der Waals surface area contributed by atoms with E-state index >= 15 is 0 Å². The summed E-state index contributed by atoms with van der Waals surface area (Å²) in [5.41, 5.74) is 5.16. The summed E-state index contributed by atoms with van der Waals surface area (Å²) in [6.45, 7) is 5.57. The zero-order valence-electron chi connectivity index (χ0n) is 17.9. The molecule has 0 atom stereocenters. The van der Waals surface area contributed by atoms with Gasteiger partial charge in [0, 0.05) is 44.5 Å². The van der Waals surface area contributed by atoms with E-state index in [1.807, 2.05) is 12.1 Å². The Kier molecular flexibility index (Phi) is 5.92. The first-order chi connectivity index (χ1) is 15.2. The van der Waals surface area contributed by atoms with Crippen LogP contribution in [0.3, 0.4) is 0 Å². The van der Waals surface area contributed by atoms with Crippen LogP contribution in [-0.2, 0) is 28.9 Å². The Hall–Kier alpha value is -2.44. The molecule has 31 heavy (non-hydrogen) atoms. The van der Waals surface area contributed by atoms with E-state index < -0.39 is 0 Å². The molecule has 2 aromatic carbocycles. The second-order valence-electron chi connectivity index (χ2n) is 8.92. The summed E-state index contributed by atoms with van der Waals surface area (Å²) in [5.74, 6) is -0.0932. The van der Waals surface area contributed by atoms with Crippen molar-refractivity contribution >= 4 is 11.6 Å². The molecule has 3 aliphatic rings. The third-order valence-electron chi connectivity index (χ3n) is 6.91. The molecular weight excluding hydrogens is 393 g/mol. The number of nitrogens with zero attached hydrogens (tertiary/aromatic N) is 3. The zero-order chi connectivity index (χ0) is 21.2. The van der Waals surface area contributed by atoms with Gasteiger partial charge in [-0.1, -0.05) is 24.3 Å². The highest BCUT2D eigenvalue weighted by molar-refractivity contribution is 5.78. The summed E-state index contributed by atoms with van der Waals surface area (Å²) in [6, 6.07) is 14.1. The maximum absolute atomic E-state index is 13.1. The minimum Gasteiger partial charge on any atom is -0.368 e. The number of hydrogen-bond acceptors (Lipinski definition) is 4. The van der Waals surface area contributed by atoms with Gasteiger partial charge in [-0.2, -0.15) is 0 Å². The fraction of sp³-hybridized carbons (Fsp3) is 0.480. The first-order valence-electron chi connectivity index (χ1n) is 11.4. The minimum absolute atomic E-state index is 0.0744. The summed E-state index contributed by atoms with van der Waals surface area (Å²) in [5, 5.41) is 0. The lowest BCUT2D eigenvalue weighted by Crippen LogP contribution is -2.45. The van der Waals surface area contributed by atoms with Gasteiger partial charge in [0.1, 0.15) is 19.2 Å². The highest BCUT2D eigenvalue weighted by atomic mass is 19.1. The lowest BCUT2D eigenvalue weighted by molar-refractivity contribution is -0.127. The smallest absolute Gasteiger partial charge is 0.250 e. The number of halogens is 1. The van der Waals surface area contributed by atoms with E-state index in [1.54, 1.807) is 17.0 Å². The van der Waals surface area contributed by atoms with E-state index in [-0.39, 0.29) is 18.3 Å². The van der Waals surface area contributed by atoms with Gasteiger partial charge in [-0.15, -0.1) is 0 Å². The minimum atomic E-state index is -0.168. The Balaban J connectivity index is 1.17. The SMILES string of the molecule is O=C1COCN1Cc1ccc2c(c1)N(C1CCN(CCc3ccc(F)cc3)CC1)CC2. The second-order valence-corrected chi connectivity index (χ2v) is 8.92. The number of fused-ring (bicyclic) bond motifs is 1. The molecule has 0 aromatic heterocycles. The third kappa shape index (κ3) is 4.60. The number of benzene rings is 2. The number of ether oxygens (including phenoxy) is 1. The van der Waals surface area contributed by atoms with Crippen molar-refractivity contribution in [2.24, 2.45) is 0 Å². The predicted molar refractivity (Wildman–Crippen MR) is 118 cm³/mol. The zero-order valence-corrected chi connectivity index (χ0v) is 17.9. The molecule has 5 nitrogen and oxygen atoms in total. The fourth-order valence-electron chi connectivity index (χ4n) is 5.08. The highest BCUT2D eigenvalue weighted by Gasteiger charge is 2.30. The molecule has 0 unspecified atom stereocenters. The normalized spacial score (nSPS) is 20.0. The molecule has 0 aliphatic carbocycles. The van der Waals surface area contributed by atoms with Gasteiger partial charge in [0.25, 0.3) is 5.91 Å². The number of anilines is 1. The van der Waals surface area contributed by atoms with Crippen molar-refractivity contribution in [3.05, 3.63) is 65.0 Å². The average Bonchev–Trinajstić information content (AvgIpc) is 3.40. The van der Waals surface area contributed by atoms with Crippen molar-refractivity contribution in [1.82, 2.24) is 9.80 Å². The number of likely N-dealkylation sites (tertiary alicyclic amines) is 1. The number of carbonyl (C=O) groups excluding carboxylic acids is 1. The molecule has 3 aliphatic heterocycles. The van der Waals surface area contributed by atoms with Gasteiger partial charge < -0.3 is 19.4 Å². The average molecular weight is 424 g/mol. The molecule has 1 amide bonds. The summed E-state index contributed by atoms with van der Waals surface area (Å²) in [6.07, 6.45) is 4.42. The number of piperidine rings is 1. The third-order valence-corrected chi connectivity index (χ3v) is 6.91. The topological polar surface area (TPSA) is 36.0 Å². The van der Waals surface area contributed by atoms with Crippen LogP contribution in [0.2, 0.25) is 0 Å². The lowest BCUT2D eigenvalue weighted by atomic mass is 10.0. The Morgan fingerprint density at radius 2 is 1.77 bits per heavy atom. The molecule has 0 saturated carbocycles. The molecule has 0 N–H and O–H groups in total. The van der Waals surface area contributed by atoms with Crippen molar-refractivity contribution < 1.29 is 13.9 Å². The standard InChI is InChI=1S/C25H30FN3O2/c26-22-5-2-19(3-6-22)7-11-27-12-9-23(10-13-27)29-14-8-21-4-1-20(15-24(21)29)16-28-18-31-17-25(28)30/h1-6,15,23H,7-14,16-18H2. The second kappa shape index (κ2) is 8.97. The Bertz CT molecular complexity index is 925. The number of rotatable bonds is 6. The van der Waals surface area contributed by atoms with Gasteiger partial charge in [0.2, 0.25) is 0 Å². The van der Waals surface area contributed by atoms with E-state index in [0.29, 0.717) is 19.3 Å². The van der Waals surface area contributed by atoms with Crippen LogP contribution in [0.4, 0.5) is 10.1 Å². The summed E-state index contributed by atoms with van der Waals surface area (Å²) >= 11 is 0. The lowest BCUT2D eigenvalue weighted by Gasteiger charge is -2.38. The first-order valence-corrected chi connectivity index (χ1v) is 11.4. The van der Waals surface area contributed by atoms with E-state index in [2.05, 4.69) is 28.0 Å². The predicted octanol–water partition coefficient (Wildman–Crippen LogP) is 3.21. The summed E-state index contributed by atoms with van der Waals surface area (Å²) in [4.78, 5) is 18.8. The van der Waals surface area contributed by atoms with E-state index in [1.165, 1.54) is 35.2 Å². The monoisotopic (exact) mass is 423 g/mol. The molecule has 0 radical (unpaired) electrons. The van der Waals surface area contributed by atoms with Gasteiger partial charge in [-0.3, -0.25) is 4.79 Å². The number of amides is 1. The van der Waals surface area contributed by atoms with Gasteiger partial charge >= 0.3 is 0 Å². The van der Waals surface area contributed by atoms with Gasteiger partial charge in [0.05, 0.1) is 0 Å². The Labute approximate surface area is 183 Å². The van der Waals surface area contributed by atoms with Crippen LogP contribution >= 0.6 is 0 Å². The van der Waals surface area contributed by atoms with Gasteiger partial charge in [0.15, 0.2) is 0 Å². The molecule has 2 saturated heterocycles. The van der Waals surface area contributed by atoms with Crippen LogP contribution in [0.25, 0.3) is 0 Å². The quantitative estimate of drug-likeness (QED) is 0.715. The van der Waals surface area contributed by atoms with Crippen LogP contribution in [0.5, 0.6) is 0 Å². The number of hydrogen-bond donors (Lipinski definition) is 0. The molecule has 3 heterocycles. The maximum atomic E-state index is 13.1. The molecule has 0 spiro atoms. The van der Waals surface area contributed by atoms with Crippen molar-refractivity contribution in [3.8, 4) is 0 Å². The summed E-state index contributed by atoms with van der Waals surface area (Å²) in [7, 11) is 0. The molecule has 2 aromatic rings. The molecule has 5 rings (SSSR count). The maximum Gasteiger partial charge on any atom is 0.250 e. The molecule has 6 heteroatoms. The van der Waals surface area contributed by atoms with Crippen LogP contribution in [0, 0.1) is 5.82 Å². The van der Waals surface area contributed by atoms with Crippen molar-refractivity contribution in [3.63, 3.8) is 0 Å². The van der Waals surface area contributed by atoms with Crippen molar-refractivity contribution in [1.29, 1.82) is 0 Å². The molecule has 0 bridgehead atoms. The Morgan fingerprint density at radius 1 is 1.00 bits per heavy atom. The largest absolute Gasteiger partial charge is 0.368 e. The first kappa shape index (κ1) is 20.5. The summed E-state index contributed by atoms with van der Waals surface area (Å²) < 4.78 is 18.3. The van der Waals surface area contributed by atoms with Crippen molar-refractivity contribution in [2.75, 3.05) is 44.4 Å². The van der Waals surface area contributed by atoms with E-state index in [4.69, 9.17) is 4.74 Å². The Morgan fingerprint density at radius 3 is 2.52 bits per heavy atom. The van der Waals surface area contributed by atoms with E-state index in [0.717, 1.165) is 39.0 Å². The van der Waals surface area contributed by atoms with Crippen LogP contribution in [0.1, 0.15) is 29.5 Å². The highest BCUT2D eigenvalue weighted by Crippen LogP contribution is 2.34. The molecule has 2 fully saturated rings.